The van der Waals surface area contributed by atoms with Crippen LogP contribution in [0.3, 0.4) is 0 Å². The van der Waals surface area contributed by atoms with Crippen molar-refractivity contribution >= 4 is 6.34 Å². The minimum atomic E-state index is 0.362. The van der Waals surface area contributed by atoms with Gasteiger partial charge in [0, 0.05) is 5.70 Å². The maximum atomic E-state index is 4.51. The van der Waals surface area contributed by atoms with Crippen LogP contribution in [-0.4, -0.2) is 37.4 Å². The van der Waals surface area contributed by atoms with Crippen LogP contribution in [-0.2, 0) is 0 Å². The van der Waals surface area contributed by atoms with E-state index in [4.69, 9.17) is 0 Å². The van der Waals surface area contributed by atoms with Crippen LogP contribution in [0.25, 0.3) is 0 Å². The van der Waals surface area contributed by atoms with Gasteiger partial charge in [0.15, 0.2) is 0 Å². The molecule has 3 heteroatoms. The van der Waals surface area contributed by atoms with E-state index in [1.54, 1.807) is 0 Å². The smallest absolute Gasteiger partial charge is 0.0915 e. The van der Waals surface area contributed by atoms with E-state index in [0.29, 0.717) is 6.04 Å². The summed E-state index contributed by atoms with van der Waals surface area (Å²) in [6.07, 6.45) is 18.7. The Kier molecular flexibility index (Phi) is 10.7. The SMILES string of the molecule is CCCCCC1N=CN/C1=C/C=C/CCCCCN(C)CC. The molecule has 0 spiro atoms. The van der Waals surface area contributed by atoms with E-state index in [1.807, 2.05) is 6.34 Å². The molecule has 3 nitrogen and oxygen atoms in total. The molecule has 0 saturated carbocycles. The molecule has 0 aromatic rings. The van der Waals surface area contributed by atoms with Crippen LogP contribution in [0.1, 0.15) is 65.2 Å². The maximum Gasteiger partial charge on any atom is 0.0915 e. The standard InChI is InChI=1S/C19H35N3/c1-4-6-11-14-18-19(21-17-20-18)15-12-9-7-8-10-13-16-22(3)5-2/h9,12,15,17-18H,4-8,10-11,13-14,16H2,1-3H3,(H,20,21)/b12-9+,19-15+. The zero-order valence-electron chi connectivity index (χ0n) is 14.9. The molecule has 0 amide bonds. The van der Waals surface area contributed by atoms with Gasteiger partial charge in [0.05, 0.1) is 12.4 Å². The molecule has 0 radical (unpaired) electrons. The van der Waals surface area contributed by atoms with E-state index < -0.39 is 0 Å². The molecule has 0 saturated heterocycles. The van der Waals surface area contributed by atoms with Gasteiger partial charge in [0.25, 0.3) is 0 Å². The summed E-state index contributed by atoms with van der Waals surface area (Å²) >= 11 is 0. The molecule has 1 rings (SSSR count). The predicted octanol–water partition coefficient (Wildman–Crippen LogP) is 4.52. The molecule has 1 atom stereocenters. The summed E-state index contributed by atoms with van der Waals surface area (Å²) < 4.78 is 0. The van der Waals surface area contributed by atoms with Crippen LogP contribution in [0.2, 0.25) is 0 Å². The highest BCUT2D eigenvalue weighted by Crippen LogP contribution is 2.16. The first kappa shape index (κ1) is 19.0. The first-order valence-electron chi connectivity index (χ1n) is 9.11. The lowest BCUT2D eigenvalue weighted by molar-refractivity contribution is 0.342. The molecule has 0 bridgehead atoms. The third kappa shape index (κ3) is 8.38. The molecular formula is C19H35N3. The van der Waals surface area contributed by atoms with Crippen LogP contribution in [0.5, 0.6) is 0 Å². The molecule has 1 N–H and O–H groups in total. The number of hydrogen-bond acceptors (Lipinski definition) is 3. The highest BCUT2D eigenvalue weighted by molar-refractivity contribution is 5.62. The third-order valence-electron chi connectivity index (χ3n) is 4.29. The summed E-state index contributed by atoms with van der Waals surface area (Å²) in [6, 6.07) is 0.362. The second-order valence-electron chi connectivity index (χ2n) is 6.23. The van der Waals surface area contributed by atoms with Crippen molar-refractivity contribution in [3.63, 3.8) is 0 Å². The van der Waals surface area contributed by atoms with E-state index in [1.165, 1.54) is 63.6 Å². The Morgan fingerprint density at radius 1 is 1.18 bits per heavy atom. The molecule has 22 heavy (non-hydrogen) atoms. The fourth-order valence-electron chi connectivity index (χ4n) is 2.60. The van der Waals surface area contributed by atoms with Crippen molar-refractivity contribution in [2.24, 2.45) is 4.99 Å². The van der Waals surface area contributed by atoms with E-state index in [-0.39, 0.29) is 0 Å². The van der Waals surface area contributed by atoms with Gasteiger partial charge >= 0.3 is 0 Å². The normalized spacial score (nSPS) is 19.6. The number of allylic oxidation sites excluding steroid dienone is 3. The minimum Gasteiger partial charge on any atom is -0.348 e. The average molecular weight is 306 g/mol. The molecule has 126 valence electrons. The van der Waals surface area contributed by atoms with Crippen molar-refractivity contribution in [1.82, 2.24) is 10.2 Å². The second-order valence-corrected chi connectivity index (χ2v) is 6.23. The highest BCUT2D eigenvalue weighted by Gasteiger charge is 2.14. The Morgan fingerprint density at radius 3 is 2.82 bits per heavy atom. The quantitative estimate of drug-likeness (QED) is 0.537. The summed E-state index contributed by atoms with van der Waals surface area (Å²) in [5.74, 6) is 0. The molecule has 0 aromatic heterocycles. The van der Waals surface area contributed by atoms with Crippen molar-refractivity contribution in [3.8, 4) is 0 Å². The molecule has 1 aliphatic rings. The Balaban J connectivity index is 2.12. The second kappa shape index (κ2) is 12.5. The van der Waals surface area contributed by atoms with E-state index >= 15 is 0 Å². The first-order chi connectivity index (χ1) is 10.8. The number of nitrogens with one attached hydrogen (secondary N) is 1. The van der Waals surface area contributed by atoms with Crippen molar-refractivity contribution in [1.29, 1.82) is 0 Å². The summed E-state index contributed by atoms with van der Waals surface area (Å²) in [5, 5.41) is 3.28. The molecule has 0 aromatic carbocycles. The lowest BCUT2D eigenvalue weighted by Gasteiger charge is -2.12. The van der Waals surface area contributed by atoms with Crippen LogP contribution in [0.15, 0.2) is 28.9 Å². The highest BCUT2D eigenvalue weighted by atomic mass is 15.1. The Bertz CT molecular complexity index is 358. The molecule has 0 fully saturated rings. The Labute approximate surface area is 137 Å². The zero-order chi connectivity index (χ0) is 16.0. The van der Waals surface area contributed by atoms with Crippen molar-refractivity contribution in [3.05, 3.63) is 23.9 Å². The fraction of sp³-hybridized carbons (Fsp3) is 0.737. The van der Waals surface area contributed by atoms with Gasteiger partial charge in [-0.3, -0.25) is 4.99 Å². The largest absolute Gasteiger partial charge is 0.348 e. The topological polar surface area (TPSA) is 27.6 Å². The van der Waals surface area contributed by atoms with E-state index in [9.17, 15) is 0 Å². The third-order valence-corrected chi connectivity index (χ3v) is 4.29. The number of unbranched alkanes of at least 4 members (excludes halogenated alkanes) is 5. The zero-order valence-corrected chi connectivity index (χ0v) is 14.9. The molecule has 1 heterocycles. The van der Waals surface area contributed by atoms with Gasteiger partial charge in [-0.05, 0) is 51.9 Å². The summed E-state index contributed by atoms with van der Waals surface area (Å²) in [7, 11) is 2.19. The first-order valence-corrected chi connectivity index (χ1v) is 9.11. The summed E-state index contributed by atoms with van der Waals surface area (Å²) in [5.41, 5.74) is 1.26. The van der Waals surface area contributed by atoms with Crippen LogP contribution < -0.4 is 5.32 Å². The Hall–Kier alpha value is -1.09. The van der Waals surface area contributed by atoms with E-state index in [2.05, 4.69) is 54.3 Å². The molecule has 1 unspecified atom stereocenters. The monoisotopic (exact) mass is 305 g/mol. The molecule has 0 aliphatic carbocycles. The van der Waals surface area contributed by atoms with Gasteiger partial charge in [-0.1, -0.05) is 51.7 Å². The van der Waals surface area contributed by atoms with Gasteiger partial charge in [-0.2, -0.15) is 0 Å². The van der Waals surface area contributed by atoms with Crippen LogP contribution >= 0.6 is 0 Å². The van der Waals surface area contributed by atoms with Crippen LogP contribution in [0, 0.1) is 0 Å². The molecular weight excluding hydrogens is 270 g/mol. The van der Waals surface area contributed by atoms with Gasteiger partial charge in [-0.15, -0.1) is 0 Å². The minimum absolute atomic E-state index is 0.362. The van der Waals surface area contributed by atoms with Crippen molar-refractivity contribution in [2.75, 3.05) is 20.1 Å². The van der Waals surface area contributed by atoms with Gasteiger partial charge in [0.1, 0.15) is 0 Å². The van der Waals surface area contributed by atoms with Crippen molar-refractivity contribution in [2.45, 2.75) is 71.3 Å². The Morgan fingerprint density at radius 2 is 2.05 bits per heavy atom. The fourth-order valence-corrected chi connectivity index (χ4v) is 2.60. The lowest BCUT2D eigenvalue weighted by Crippen LogP contribution is -2.18. The number of nitrogens with zero attached hydrogens (tertiary/aromatic N) is 2. The van der Waals surface area contributed by atoms with E-state index in [0.717, 1.165) is 6.54 Å². The van der Waals surface area contributed by atoms with Crippen molar-refractivity contribution < 1.29 is 0 Å². The number of hydrogen-bond donors (Lipinski definition) is 1. The van der Waals surface area contributed by atoms with Gasteiger partial charge in [0.2, 0.25) is 0 Å². The number of rotatable bonds is 12. The maximum absolute atomic E-state index is 4.51. The lowest BCUT2D eigenvalue weighted by atomic mass is 10.1. The molecule has 1 aliphatic heterocycles. The van der Waals surface area contributed by atoms with Crippen LogP contribution in [0.4, 0.5) is 0 Å². The predicted molar refractivity (Wildman–Crippen MR) is 98.4 cm³/mol. The summed E-state index contributed by atoms with van der Waals surface area (Å²) in [6.45, 7) is 6.84. The number of aliphatic imine (C=N–C) groups is 1. The summed E-state index contributed by atoms with van der Waals surface area (Å²) in [4.78, 5) is 6.89. The van der Waals surface area contributed by atoms with Gasteiger partial charge < -0.3 is 10.2 Å². The van der Waals surface area contributed by atoms with Gasteiger partial charge in [-0.25, -0.2) is 0 Å². The average Bonchev–Trinajstić information content (AvgIpc) is 2.97.